The van der Waals surface area contributed by atoms with Crippen LogP contribution < -0.4 is 10.7 Å². The topological polar surface area (TPSA) is 59.3 Å². The predicted molar refractivity (Wildman–Crippen MR) is 111 cm³/mol. The van der Waals surface area contributed by atoms with E-state index < -0.39 is 0 Å². The van der Waals surface area contributed by atoms with Crippen molar-refractivity contribution in [3.8, 4) is 0 Å². The normalized spacial score (nSPS) is 10.9. The van der Waals surface area contributed by atoms with E-state index in [4.69, 9.17) is 4.42 Å². The standard InChI is InChI=1S/C23H31NO3/c1-6-9-10-14-19-20(22(25)15(4)16(5)27-19)23(26)24-21-17(7-2)12-11-13-18(21)8-3/h11-13H,6-10,14H2,1-5H3,(H,24,26). The predicted octanol–water partition coefficient (Wildman–Crippen LogP) is 5.37. The van der Waals surface area contributed by atoms with E-state index in [1.807, 2.05) is 18.2 Å². The van der Waals surface area contributed by atoms with E-state index in [9.17, 15) is 9.59 Å². The van der Waals surface area contributed by atoms with Crippen LogP contribution >= 0.6 is 0 Å². The lowest BCUT2D eigenvalue weighted by atomic mass is 10.0. The number of unbranched alkanes of at least 4 members (excludes halogenated alkanes) is 2. The first-order valence-electron chi connectivity index (χ1n) is 9.99. The fourth-order valence-electron chi connectivity index (χ4n) is 3.31. The summed E-state index contributed by atoms with van der Waals surface area (Å²) in [5.74, 6) is 0.723. The maximum absolute atomic E-state index is 13.1. The van der Waals surface area contributed by atoms with Crippen LogP contribution in [0.5, 0.6) is 0 Å². The van der Waals surface area contributed by atoms with E-state index in [2.05, 4.69) is 26.1 Å². The Bertz CT molecular complexity index is 842. The minimum absolute atomic E-state index is 0.155. The van der Waals surface area contributed by atoms with Gasteiger partial charge in [0.2, 0.25) is 5.43 Å². The molecule has 1 aromatic heterocycles. The minimum Gasteiger partial charge on any atom is -0.465 e. The largest absolute Gasteiger partial charge is 0.465 e. The number of anilines is 1. The zero-order chi connectivity index (χ0) is 20.0. The second kappa shape index (κ2) is 9.54. The summed E-state index contributed by atoms with van der Waals surface area (Å²) in [5, 5.41) is 3.02. The van der Waals surface area contributed by atoms with Crippen molar-refractivity contribution in [1.29, 1.82) is 0 Å². The number of hydrogen-bond acceptors (Lipinski definition) is 3. The van der Waals surface area contributed by atoms with Gasteiger partial charge in [-0.3, -0.25) is 9.59 Å². The van der Waals surface area contributed by atoms with Gasteiger partial charge in [0.1, 0.15) is 17.1 Å². The zero-order valence-corrected chi connectivity index (χ0v) is 17.2. The molecular formula is C23H31NO3. The van der Waals surface area contributed by atoms with Gasteiger partial charge in [0, 0.05) is 17.7 Å². The van der Waals surface area contributed by atoms with Gasteiger partial charge >= 0.3 is 0 Å². The molecule has 0 saturated heterocycles. The highest BCUT2D eigenvalue weighted by atomic mass is 16.3. The lowest BCUT2D eigenvalue weighted by Crippen LogP contribution is -2.26. The molecule has 0 aliphatic carbocycles. The van der Waals surface area contributed by atoms with Crippen molar-refractivity contribution in [3.05, 3.63) is 62.2 Å². The number of para-hydroxylation sites is 1. The van der Waals surface area contributed by atoms with Crippen LogP contribution in [0, 0.1) is 13.8 Å². The first-order valence-corrected chi connectivity index (χ1v) is 9.99. The van der Waals surface area contributed by atoms with Gasteiger partial charge in [-0.1, -0.05) is 51.8 Å². The van der Waals surface area contributed by atoms with Gasteiger partial charge in [-0.25, -0.2) is 0 Å². The SMILES string of the molecule is CCCCCc1oc(C)c(C)c(=O)c1C(=O)Nc1c(CC)cccc1CC. The number of hydrogen-bond donors (Lipinski definition) is 1. The zero-order valence-electron chi connectivity index (χ0n) is 17.2. The molecular weight excluding hydrogens is 338 g/mol. The summed E-state index contributed by atoms with van der Waals surface area (Å²) in [6.45, 7) is 9.74. The lowest BCUT2D eigenvalue weighted by Gasteiger charge is -2.16. The van der Waals surface area contributed by atoms with Gasteiger partial charge in [-0.15, -0.1) is 0 Å². The highest BCUT2D eigenvalue weighted by Gasteiger charge is 2.22. The van der Waals surface area contributed by atoms with Gasteiger partial charge in [0.25, 0.3) is 5.91 Å². The number of aryl methyl sites for hydroxylation is 4. The quantitative estimate of drug-likeness (QED) is 0.637. The van der Waals surface area contributed by atoms with Crippen molar-refractivity contribution in [2.45, 2.75) is 73.1 Å². The summed E-state index contributed by atoms with van der Waals surface area (Å²) in [4.78, 5) is 26.0. The molecule has 0 unspecified atom stereocenters. The Morgan fingerprint density at radius 3 is 2.22 bits per heavy atom. The third-order valence-electron chi connectivity index (χ3n) is 5.12. The van der Waals surface area contributed by atoms with E-state index in [1.54, 1.807) is 13.8 Å². The summed E-state index contributed by atoms with van der Waals surface area (Å²) < 4.78 is 5.88. The van der Waals surface area contributed by atoms with Gasteiger partial charge in [-0.05, 0) is 44.2 Å². The van der Waals surface area contributed by atoms with Crippen molar-refractivity contribution < 1.29 is 9.21 Å². The molecule has 146 valence electrons. The van der Waals surface area contributed by atoms with Crippen molar-refractivity contribution in [3.63, 3.8) is 0 Å². The summed E-state index contributed by atoms with van der Waals surface area (Å²) in [7, 11) is 0. The molecule has 1 heterocycles. The Balaban J connectivity index is 2.47. The molecule has 0 saturated carbocycles. The van der Waals surface area contributed by atoms with Crippen molar-refractivity contribution in [1.82, 2.24) is 0 Å². The molecule has 1 amide bonds. The second-order valence-corrected chi connectivity index (χ2v) is 6.98. The molecule has 0 aliphatic rings. The van der Waals surface area contributed by atoms with E-state index in [0.717, 1.165) is 48.9 Å². The number of amides is 1. The highest BCUT2D eigenvalue weighted by Crippen LogP contribution is 2.24. The molecule has 1 N–H and O–H groups in total. The average Bonchev–Trinajstić information content (AvgIpc) is 2.66. The molecule has 1 aromatic carbocycles. The molecule has 27 heavy (non-hydrogen) atoms. The molecule has 0 atom stereocenters. The van der Waals surface area contributed by atoms with Crippen LogP contribution in [-0.2, 0) is 19.3 Å². The van der Waals surface area contributed by atoms with Crippen molar-refractivity contribution >= 4 is 11.6 Å². The summed E-state index contributed by atoms with van der Waals surface area (Å²) in [6, 6.07) is 6.04. The first-order chi connectivity index (χ1) is 12.9. The van der Waals surface area contributed by atoms with Crippen LogP contribution in [0.3, 0.4) is 0 Å². The van der Waals surface area contributed by atoms with Crippen LogP contribution in [0.1, 0.15) is 78.6 Å². The smallest absolute Gasteiger partial charge is 0.263 e. The Kier molecular flexibility index (Phi) is 7.40. The van der Waals surface area contributed by atoms with Crippen molar-refractivity contribution in [2.24, 2.45) is 0 Å². The third kappa shape index (κ3) is 4.68. The average molecular weight is 370 g/mol. The van der Waals surface area contributed by atoms with E-state index in [0.29, 0.717) is 23.5 Å². The van der Waals surface area contributed by atoms with Gasteiger partial charge in [0.15, 0.2) is 0 Å². The summed E-state index contributed by atoms with van der Waals surface area (Å²) in [5.41, 5.74) is 3.40. The van der Waals surface area contributed by atoms with Crippen LogP contribution in [0.4, 0.5) is 5.69 Å². The van der Waals surface area contributed by atoms with Crippen molar-refractivity contribution in [2.75, 3.05) is 5.32 Å². The molecule has 0 fully saturated rings. The van der Waals surface area contributed by atoms with Gasteiger partial charge in [0.05, 0.1) is 0 Å². The van der Waals surface area contributed by atoms with Gasteiger partial charge < -0.3 is 9.73 Å². The molecule has 0 aliphatic heterocycles. The maximum Gasteiger partial charge on any atom is 0.263 e. The minimum atomic E-state index is -0.367. The van der Waals surface area contributed by atoms with Crippen LogP contribution in [-0.4, -0.2) is 5.91 Å². The Hall–Kier alpha value is -2.36. The van der Waals surface area contributed by atoms with E-state index >= 15 is 0 Å². The number of rotatable bonds is 8. The third-order valence-corrected chi connectivity index (χ3v) is 5.12. The Labute approximate surface area is 162 Å². The number of carbonyl (C=O) groups excluding carboxylic acids is 1. The summed E-state index contributed by atoms with van der Waals surface area (Å²) >= 11 is 0. The maximum atomic E-state index is 13.1. The first kappa shape index (κ1) is 20.9. The molecule has 0 spiro atoms. The van der Waals surface area contributed by atoms with E-state index in [-0.39, 0.29) is 16.9 Å². The molecule has 0 radical (unpaired) electrons. The fraction of sp³-hybridized carbons (Fsp3) is 0.478. The number of nitrogens with one attached hydrogen (secondary N) is 1. The lowest BCUT2D eigenvalue weighted by molar-refractivity contribution is 0.102. The van der Waals surface area contributed by atoms with Crippen LogP contribution in [0.25, 0.3) is 0 Å². The number of benzene rings is 1. The monoisotopic (exact) mass is 369 g/mol. The van der Waals surface area contributed by atoms with E-state index in [1.165, 1.54) is 0 Å². The number of carbonyl (C=O) groups is 1. The Morgan fingerprint density at radius 2 is 1.67 bits per heavy atom. The fourth-order valence-corrected chi connectivity index (χ4v) is 3.31. The molecule has 2 rings (SSSR count). The molecule has 0 bridgehead atoms. The van der Waals surface area contributed by atoms with Crippen LogP contribution in [0.2, 0.25) is 0 Å². The second-order valence-electron chi connectivity index (χ2n) is 6.98. The van der Waals surface area contributed by atoms with Crippen LogP contribution in [0.15, 0.2) is 27.4 Å². The molecule has 4 nitrogen and oxygen atoms in total. The Morgan fingerprint density at radius 1 is 1.04 bits per heavy atom. The van der Waals surface area contributed by atoms with Gasteiger partial charge in [-0.2, -0.15) is 0 Å². The summed E-state index contributed by atoms with van der Waals surface area (Å²) in [6.07, 6.45) is 5.23. The molecule has 2 aromatic rings. The molecule has 4 heteroatoms. The highest BCUT2D eigenvalue weighted by molar-refractivity contribution is 6.05.